The molecule has 17 heavy (non-hydrogen) atoms. The number of imidazole rings is 1. The van der Waals surface area contributed by atoms with Gasteiger partial charge in [0.1, 0.15) is 0 Å². The summed E-state index contributed by atoms with van der Waals surface area (Å²) in [5, 5.41) is 3.52. The van der Waals surface area contributed by atoms with E-state index in [2.05, 4.69) is 48.4 Å². The van der Waals surface area contributed by atoms with Crippen molar-refractivity contribution in [1.29, 1.82) is 0 Å². The van der Waals surface area contributed by atoms with Gasteiger partial charge >= 0.3 is 0 Å². The Morgan fingerprint density at radius 1 is 1.35 bits per heavy atom. The van der Waals surface area contributed by atoms with E-state index >= 15 is 0 Å². The van der Waals surface area contributed by atoms with Crippen LogP contribution in [0, 0.1) is 6.92 Å². The molecule has 1 aromatic carbocycles. The molecule has 1 N–H and O–H groups in total. The first-order valence-corrected chi connectivity index (χ1v) is 5.92. The first kappa shape index (κ1) is 11.9. The summed E-state index contributed by atoms with van der Waals surface area (Å²) in [6.45, 7) is 5.18. The highest BCUT2D eigenvalue weighted by atomic mass is 15.0. The van der Waals surface area contributed by atoms with Gasteiger partial charge in [0.05, 0.1) is 12.0 Å². The van der Waals surface area contributed by atoms with Crippen LogP contribution in [0.25, 0.3) is 0 Å². The van der Waals surface area contributed by atoms with Crippen LogP contribution in [0.4, 0.5) is 0 Å². The molecule has 2 rings (SSSR count). The van der Waals surface area contributed by atoms with Gasteiger partial charge in [0.15, 0.2) is 0 Å². The zero-order valence-electron chi connectivity index (χ0n) is 10.6. The molecule has 0 aliphatic heterocycles. The molecule has 0 amide bonds. The van der Waals surface area contributed by atoms with Crippen LogP contribution in [0.15, 0.2) is 36.8 Å². The zero-order chi connectivity index (χ0) is 12.3. The number of nitrogens with one attached hydrogen (secondary N) is 1. The second kappa shape index (κ2) is 5.15. The van der Waals surface area contributed by atoms with Crippen LogP contribution in [-0.4, -0.2) is 9.55 Å². The van der Waals surface area contributed by atoms with Crippen molar-refractivity contribution in [2.45, 2.75) is 26.4 Å². The zero-order valence-corrected chi connectivity index (χ0v) is 10.6. The number of hydrogen-bond acceptors (Lipinski definition) is 2. The van der Waals surface area contributed by atoms with Crippen LogP contribution < -0.4 is 5.32 Å². The maximum atomic E-state index is 4.11. The molecule has 0 spiro atoms. The van der Waals surface area contributed by atoms with Crippen molar-refractivity contribution in [3.63, 3.8) is 0 Å². The molecular weight excluding hydrogens is 210 g/mol. The third-order valence-corrected chi connectivity index (χ3v) is 3.16. The molecule has 0 radical (unpaired) electrons. The number of aromatic nitrogens is 2. The summed E-state index contributed by atoms with van der Waals surface area (Å²) in [6.07, 6.45) is 3.73. The van der Waals surface area contributed by atoms with Gasteiger partial charge in [-0.3, -0.25) is 0 Å². The van der Waals surface area contributed by atoms with E-state index in [4.69, 9.17) is 0 Å². The average Bonchev–Trinajstić information content (AvgIpc) is 2.72. The van der Waals surface area contributed by atoms with E-state index in [1.807, 2.05) is 24.1 Å². The first-order chi connectivity index (χ1) is 8.18. The highest BCUT2D eigenvalue weighted by molar-refractivity contribution is 5.28. The third-order valence-electron chi connectivity index (χ3n) is 3.16. The Morgan fingerprint density at radius 2 is 2.12 bits per heavy atom. The van der Waals surface area contributed by atoms with Gasteiger partial charge in [0, 0.05) is 25.8 Å². The predicted octanol–water partition coefficient (Wildman–Crippen LogP) is 2.58. The fraction of sp³-hybridized carbons (Fsp3) is 0.357. The minimum atomic E-state index is 0.353. The molecule has 0 fully saturated rings. The van der Waals surface area contributed by atoms with Crippen LogP contribution in [0.2, 0.25) is 0 Å². The maximum absolute atomic E-state index is 4.11. The second-order valence-electron chi connectivity index (χ2n) is 4.46. The Bertz CT molecular complexity index is 488. The van der Waals surface area contributed by atoms with E-state index in [1.54, 1.807) is 0 Å². The summed E-state index contributed by atoms with van der Waals surface area (Å²) >= 11 is 0. The van der Waals surface area contributed by atoms with E-state index < -0.39 is 0 Å². The predicted molar refractivity (Wildman–Crippen MR) is 69.6 cm³/mol. The average molecular weight is 229 g/mol. The lowest BCUT2D eigenvalue weighted by atomic mass is 10.0. The lowest BCUT2D eigenvalue weighted by Gasteiger charge is -2.16. The monoisotopic (exact) mass is 229 g/mol. The molecule has 3 nitrogen and oxygen atoms in total. The van der Waals surface area contributed by atoms with Gasteiger partial charge in [0.2, 0.25) is 0 Å². The minimum absolute atomic E-state index is 0.353. The van der Waals surface area contributed by atoms with Gasteiger partial charge in [-0.05, 0) is 25.0 Å². The minimum Gasteiger partial charge on any atom is -0.337 e. The summed E-state index contributed by atoms with van der Waals surface area (Å²) < 4.78 is 2.04. The van der Waals surface area contributed by atoms with E-state index in [0.29, 0.717) is 6.04 Å². The Kier molecular flexibility index (Phi) is 3.59. The number of rotatable bonds is 4. The third kappa shape index (κ3) is 2.74. The van der Waals surface area contributed by atoms with Gasteiger partial charge in [-0.25, -0.2) is 4.98 Å². The molecule has 0 saturated heterocycles. The van der Waals surface area contributed by atoms with E-state index in [9.17, 15) is 0 Å². The molecule has 0 bridgehead atoms. The molecule has 90 valence electrons. The Labute approximate surface area is 103 Å². The normalized spacial score (nSPS) is 12.6. The Hall–Kier alpha value is -1.61. The quantitative estimate of drug-likeness (QED) is 0.873. The SMILES string of the molecule is Cc1ccccc1[C@H](C)NCc1cncn1C. The van der Waals surface area contributed by atoms with Crippen LogP contribution >= 0.6 is 0 Å². The van der Waals surface area contributed by atoms with Crippen molar-refractivity contribution < 1.29 is 0 Å². The van der Waals surface area contributed by atoms with E-state index in [0.717, 1.165) is 6.54 Å². The number of aryl methyl sites for hydroxylation is 2. The first-order valence-electron chi connectivity index (χ1n) is 5.92. The Morgan fingerprint density at radius 3 is 2.76 bits per heavy atom. The van der Waals surface area contributed by atoms with Crippen LogP contribution in [-0.2, 0) is 13.6 Å². The van der Waals surface area contributed by atoms with Crippen molar-refractivity contribution >= 4 is 0 Å². The summed E-state index contributed by atoms with van der Waals surface area (Å²) in [4.78, 5) is 4.11. The lowest BCUT2D eigenvalue weighted by Crippen LogP contribution is -2.20. The van der Waals surface area contributed by atoms with Crippen molar-refractivity contribution in [2.24, 2.45) is 7.05 Å². The number of hydrogen-bond donors (Lipinski definition) is 1. The summed E-state index contributed by atoms with van der Waals surface area (Å²) in [5.41, 5.74) is 3.89. The van der Waals surface area contributed by atoms with Gasteiger partial charge in [0.25, 0.3) is 0 Å². The molecule has 0 unspecified atom stereocenters. The maximum Gasteiger partial charge on any atom is 0.0945 e. The van der Waals surface area contributed by atoms with E-state index in [-0.39, 0.29) is 0 Å². The molecule has 3 heteroatoms. The van der Waals surface area contributed by atoms with Gasteiger partial charge in [-0.15, -0.1) is 0 Å². The molecule has 0 aliphatic carbocycles. The van der Waals surface area contributed by atoms with Crippen molar-refractivity contribution in [3.05, 3.63) is 53.6 Å². The highest BCUT2D eigenvalue weighted by Crippen LogP contribution is 2.16. The second-order valence-corrected chi connectivity index (χ2v) is 4.46. The molecule has 1 heterocycles. The van der Waals surface area contributed by atoms with Crippen LogP contribution in [0.1, 0.15) is 29.8 Å². The largest absolute Gasteiger partial charge is 0.337 e. The number of benzene rings is 1. The standard InChI is InChI=1S/C14H19N3/c1-11-6-4-5-7-14(11)12(2)16-9-13-8-15-10-17(13)3/h4-8,10,12,16H,9H2,1-3H3/t12-/m0/s1. The van der Waals surface area contributed by atoms with Gasteiger partial charge in [-0.2, -0.15) is 0 Å². The van der Waals surface area contributed by atoms with Crippen molar-refractivity contribution in [3.8, 4) is 0 Å². The van der Waals surface area contributed by atoms with E-state index in [1.165, 1.54) is 16.8 Å². The molecular formula is C14H19N3. The summed E-state index contributed by atoms with van der Waals surface area (Å²) in [5.74, 6) is 0. The van der Waals surface area contributed by atoms with Gasteiger partial charge < -0.3 is 9.88 Å². The summed E-state index contributed by atoms with van der Waals surface area (Å²) in [6, 6.07) is 8.84. The molecule has 1 atom stereocenters. The highest BCUT2D eigenvalue weighted by Gasteiger charge is 2.07. The Balaban J connectivity index is 2.01. The fourth-order valence-corrected chi connectivity index (χ4v) is 2.00. The fourth-order valence-electron chi connectivity index (χ4n) is 2.00. The van der Waals surface area contributed by atoms with Crippen LogP contribution in [0.3, 0.4) is 0 Å². The summed E-state index contributed by atoms with van der Waals surface area (Å²) in [7, 11) is 2.02. The topological polar surface area (TPSA) is 29.9 Å². The molecule has 0 saturated carbocycles. The molecule has 1 aromatic heterocycles. The van der Waals surface area contributed by atoms with Gasteiger partial charge in [-0.1, -0.05) is 24.3 Å². The van der Waals surface area contributed by atoms with Crippen molar-refractivity contribution in [1.82, 2.24) is 14.9 Å². The van der Waals surface area contributed by atoms with Crippen LogP contribution in [0.5, 0.6) is 0 Å². The van der Waals surface area contributed by atoms with Crippen molar-refractivity contribution in [2.75, 3.05) is 0 Å². The molecule has 0 aliphatic rings. The molecule has 2 aromatic rings. The lowest BCUT2D eigenvalue weighted by molar-refractivity contribution is 0.556. The smallest absolute Gasteiger partial charge is 0.0945 e. The number of nitrogens with zero attached hydrogens (tertiary/aromatic N) is 2.